The Bertz CT molecular complexity index is 270. The van der Waals surface area contributed by atoms with E-state index in [1.54, 1.807) is 0 Å². The number of nitrogens with zero attached hydrogens (tertiary/aromatic N) is 1. The number of rotatable bonds is 0. The van der Waals surface area contributed by atoms with E-state index < -0.39 is 5.60 Å². The van der Waals surface area contributed by atoms with Crippen LogP contribution in [0.25, 0.3) is 0 Å². The van der Waals surface area contributed by atoms with Gasteiger partial charge in [-0.2, -0.15) is 0 Å². The first-order valence-electron chi connectivity index (χ1n) is 5.62. The molecule has 1 saturated carbocycles. The molecule has 2 aliphatic rings. The molecule has 1 aliphatic heterocycles. The Balaban J connectivity index is 1.94. The lowest BCUT2D eigenvalue weighted by molar-refractivity contribution is 0.0183. The summed E-state index contributed by atoms with van der Waals surface area (Å²) in [4.78, 5) is 13.7. The van der Waals surface area contributed by atoms with E-state index in [1.165, 1.54) is 0 Å². The Morgan fingerprint density at radius 2 is 2.07 bits per heavy atom. The fourth-order valence-corrected chi connectivity index (χ4v) is 2.54. The molecule has 2 fully saturated rings. The van der Waals surface area contributed by atoms with E-state index in [-0.39, 0.29) is 12.1 Å². The minimum Gasteiger partial charge on any atom is -0.444 e. The van der Waals surface area contributed by atoms with Gasteiger partial charge in [0, 0.05) is 18.6 Å². The molecule has 1 amide bonds. The van der Waals surface area contributed by atoms with Gasteiger partial charge in [0.25, 0.3) is 0 Å². The molecule has 0 radical (unpaired) electrons. The number of carbonyl (C=O) groups is 1. The second-order valence-electron chi connectivity index (χ2n) is 5.68. The number of fused-ring (bicyclic) bond motifs is 2. The van der Waals surface area contributed by atoms with Crippen LogP contribution in [0.3, 0.4) is 0 Å². The van der Waals surface area contributed by atoms with E-state index in [4.69, 9.17) is 10.5 Å². The number of ether oxygens (including phenoxy) is 1. The zero-order valence-corrected chi connectivity index (χ0v) is 9.69. The van der Waals surface area contributed by atoms with Crippen molar-refractivity contribution in [3.63, 3.8) is 0 Å². The monoisotopic (exact) mass is 212 g/mol. The highest BCUT2D eigenvalue weighted by Crippen LogP contribution is 2.37. The third kappa shape index (κ3) is 2.09. The second kappa shape index (κ2) is 3.37. The molecule has 2 bridgehead atoms. The van der Waals surface area contributed by atoms with Crippen LogP contribution in [0.15, 0.2) is 0 Å². The predicted molar refractivity (Wildman–Crippen MR) is 57.4 cm³/mol. The molecule has 4 heteroatoms. The third-order valence-electron chi connectivity index (χ3n) is 3.22. The molecule has 2 rings (SSSR count). The molecule has 0 aromatic rings. The maximum atomic E-state index is 11.8. The van der Waals surface area contributed by atoms with E-state index in [9.17, 15) is 4.79 Å². The number of piperidine rings is 1. The molecule has 2 N–H and O–H groups in total. The van der Waals surface area contributed by atoms with Crippen molar-refractivity contribution in [2.24, 2.45) is 11.7 Å². The summed E-state index contributed by atoms with van der Waals surface area (Å²) in [5, 5.41) is 0. The standard InChI is InChI=1S/C11H20N2O2/c1-11(2,3)15-10(14)13-6-7-4-8(13)5-9(7)12/h7-9H,4-6,12H2,1-3H3/t7-,8-,9-/m1/s1. The maximum Gasteiger partial charge on any atom is 0.410 e. The molecule has 1 heterocycles. The van der Waals surface area contributed by atoms with Gasteiger partial charge in [0.2, 0.25) is 0 Å². The van der Waals surface area contributed by atoms with Crippen molar-refractivity contribution in [3.05, 3.63) is 0 Å². The molecule has 0 aromatic heterocycles. The summed E-state index contributed by atoms with van der Waals surface area (Å²) in [7, 11) is 0. The molecular formula is C11H20N2O2. The van der Waals surface area contributed by atoms with Gasteiger partial charge in [0.05, 0.1) is 0 Å². The Morgan fingerprint density at radius 3 is 2.47 bits per heavy atom. The van der Waals surface area contributed by atoms with Gasteiger partial charge in [0.1, 0.15) is 5.60 Å². The van der Waals surface area contributed by atoms with Crippen LogP contribution >= 0.6 is 0 Å². The number of amides is 1. The smallest absolute Gasteiger partial charge is 0.410 e. The average Bonchev–Trinajstić information content (AvgIpc) is 2.58. The molecule has 4 nitrogen and oxygen atoms in total. The summed E-state index contributed by atoms with van der Waals surface area (Å²) >= 11 is 0. The maximum absolute atomic E-state index is 11.8. The van der Waals surface area contributed by atoms with E-state index in [0.717, 1.165) is 19.4 Å². The molecule has 0 spiro atoms. The van der Waals surface area contributed by atoms with Gasteiger partial charge in [-0.3, -0.25) is 0 Å². The molecule has 0 unspecified atom stereocenters. The number of hydrogen-bond donors (Lipinski definition) is 1. The van der Waals surface area contributed by atoms with Crippen LogP contribution in [0.1, 0.15) is 33.6 Å². The Kier molecular flexibility index (Phi) is 2.41. The van der Waals surface area contributed by atoms with Crippen molar-refractivity contribution in [1.29, 1.82) is 0 Å². The van der Waals surface area contributed by atoms with Crippen LogP contribution in [-0.4, -0.2) is 35.2 Å². The zero-order chi connectivity index (χ0) is 11.2. The molecule has 3 atom stereocenters. The van der Waals surface area contributed by atoms with Gasteiger partial charge in [0.15, 0.2) is 0 Å². The topological polar surface area (TPSA) is 55.6 Å². The van der Waals surface area contributed by atoms with Crippen LogP contribution < -0.4 is 5.73 Å². The van der Waals surface area contributed by atoms with Crippen LogP contribution in [0.4, 0.5) is 4.79 Å². The van der Waals surface area contributed by atoms with Gasteiger partial charge in [-0.05, 0) is 39.5 Å². The average molecular weight is 212 g/mol. The number of hydrogen-bond acceptors (Lipinski definition) is 3. The van der Waals surface area contributed by atoms with Crippen LogP contribution in [0.5, 0.6) is 0 Å². The fraction of sp³-hybridized carbons (Fsp3) is 0.909. The van der Waals surface area contributed by atoms with E-state index in [0.29, 0.717) is 12.0 Å². The minimum absolute atomic E-state index is 0.179. The van der Waals surface area contributed by atoms with Gasteiger partial charge >= 0.3 is 6.09 Å². The van der Waals surface area contributed by atoms with Gasteiger partial charge in [-0.1, -0.05) is 0 Å². The first-order valence-corrected chi connectivity index (χ1v) is 5.62. The van der Waals surface area contributed by atoms with Crippen molar-refractivity contribution < 1.29 is 9.53 Å². The van der Waals surface area contributed by atoms with Crippen molar-refractivity contribution in [2.45, 2.75) is 51.3 Å². The lowest BCUT2D eigenvalue weighted by Gasteiger charge is -2.31. The number of carbonyl (C=O) groups excluding carboxylic acids is 1. The fourth-order valence-electron chi connectivity index (χ4n) is 2.54. The normalized spacial score (nSPS) is 34.7. The van der Waals surface area contributed by atoms with Gasteiger partial charge in [-0.25, -0.2) is 4.79 Å². The first-order chi connectivity index (χ1) is 6.87. The Morgan fingerprint density at radius 1 is 1.40 bits per heavy atom. The SMILES string of the molecule is CC(C)(C)OC(=O)N1C[C@H]2C[C@@H]1C[C@H]2N. The molecule has 86 valence electrons. The van der Waals surface area contributed by atoms with Crippen LogP contribution in [-0.2, 0) is 4.74 Å². The summed E-state index contributed by atoms with van der Waals surface area (Å²) in [6, 6.07) is 0.605. The Labute approximate surface area is 90.8 Å². The highest BCUT2D eigenvalue weighted by Gasteiger charge is 2.46. The largest absolute Gasteiger partial charge is 0.444 e. The van der Waals surface area contributed by atoms with Crippen LogP contribution in [0, 0.1) is 5.92 Å². The predicted octanol–water partition coefficient (Wildman–Crippen LogP) is 1.34. The van der Waals surface area contributed by atoms with Gasteiger partial charge < -0.3 is 15.4 Å². The number of likely N-dealkylation sites (tertiary alicyclic amines) is 1. The minimum atomic E-state index is -0.402. The highest BCUT2D eigenvalue weighted by atomic mass is 16.6. The molecule has 1 aliphatic carbocycles. The lowest BCUT2D eigenvalue weighted by atomic mass is 10.0. The quantitative estimate of drug-likeness (QED) is 0.659. The molecule has 1 saturated heterocycles. The summed E-state index contributed by atoms with van der Waals surface area (Å²) < 4.78 is 5.36. The van der Waals surface area contributed by atoms with Crippen molar-refractivity contribution in [1.82, 2.24) is 4.90 Å². The molecule has 0 aromatic carbocycles. The molecular weight excluding hydrogens is 192 g/mol. The second-order valence-corrected chi connectivity index (χ2v) is 5.68. The highest BCUT2D eigenvalue weighted by molar-refractivity contribution is 5.69. The summed E-state index contributed by atoms with van der Waals surface area (Å²) in [6.07, 6.45) is 1.81. The first kappa shape index (κ1) is 10.7. The number of nitrogens with two attached hydrogens (primary N) is 1. The van der Waals surface area contributed by atoms with E-state index in [2.05, 4.69) is 0 Å². The third-order valence-corrected chi connectivity index (χ3v) is 3.22. The van der Waals surface area contributed by atoms with E-state index >= 15 is 0 Å². The zero-order valence-electron chi connectivity index (χ0n) is 9.69. The summed E-state index contributed by atoms with van der Waals surface area (Å²) in [6.45, 7) is 6.46. The van der Waals surface area contributed by atoms with Crippen molar-refractivity contribution in [3.8, 4) is 0 Å². The van der Waals surface area contributed by atoms with E-state index in [1.807, 2.05) is 25.7 Å². The lowest BCUT2D eigenvalue weighted by Crippen LogP contribution is -2.46. The van der Waals surface area contributed by atoms with Crippen molar-refractivity contribution in [2.75, 3.05) is 6.54 Å². The summed E-state index contributed by atoms with van der Waals surface area (Å²) in [5.41, 5.74) is 5.53. The Hall–Kier alpha value is -0.770. The summed E-state index contributed by atoms with van der Waals surface area (Å²) in [5.74, 6) is 0.488. The van der Waals surface area contributed by atoms with Crippen LogP contribution in [0.2, 0.25) is 0 Å². The van der Waals surface area contributed by atoms with Crippen molar-refractivity contribution >= 4 is 6.09 Å². The van der Waals surface area contributed by atoms with Gasteiger partial charge in [-0.15, -0.1) is 0 Å². The molecule has 15 heavy (non-hydrogen) atoms.